The van der Waals surface area contributed by atoms with Crippen molar-refractivity contribution in [3.05, 3.63) is 59.4 Å². The van der Waals surface area contributed by atoms with E-state index in [1.165, 1.54) is 0 Å². The second-order valence-electron chi connectivity index (χ2n) is 4.59. The van der Waals surface area contributed by atoms with Crippen molar-refractivity contribution in [2.45, 2.75) is 6.42 Å². The molecule has 0 aliphatic carbocycles. The Kier molecular flexibility index (Phi) is 4.63. The first-order valence-electron chi connectivity index (χ1n) is 6.48. The first-order valence-corrected chi connectivity index (χ1v) is 6.48. The van der Waals surface area contributed by atoms with Crippen LogP contribution >= 0.6 is 0 Å². The van der Waals surface area contributed by atoms with E-state index in [2.05, 4.69) is 4.98 Å². The number of aromatic nitrogens is 1. The molecule has 1 heterocycles. The summed E-state index contributed by atoms with van der Waals surface area (Å²) < 4.78 is 5.08. The van der Waals surface area contributed by atoms with Crippen molar-refractivity contribution in [2.75, 3.05) is 7.11 Å². The Morgan fingerprint density at radius 2 is 1.86 bits per heavy atom. The molecular weight excluding hydrogens is 286 g/mol. The average Bonchev–Trinajstić information content (AvgIpc) is 2.96. The molecular formula is C16H15NO5. The van der Waals surface area contributed by atoms with Crippen LogP contribution in [-0.2, 0) is 16.0 Å². The lowest BCUT2D eigenvalue weighted by atomic mass is 10.1. The average molecular weight is 301 g/mol. The number of carbonyl (C=O) groups excluding carboxylic acids is 1. The second-order valence-corrected chi connectivity index (χ2v) is 4.59. The Balaban J connectivity index is 2.21. The van der Waals surface area contributed by atoms with E-state index in [1.807, 2.05) is 24.3 Å². The fourth-order valence-electron chi connectivity index (χ4n) is 2.00. The Morgan fingerprint density at radius 1 is 1.18 bits per heavy atom. The zero-order valence-corrected chi connectivity index (χ0v) is 11.9. The lowest BCUT2D eigenvalue weighted by Gasteiger charge is -2.05. The van der Waals surface area contributed by atoms with Crippen molar-refractivity contribution in [1.82, 2.24) is 4.98 Å². The number of H-pyrrole nitrogens is 1. The molecule has 1 aromatic heterocycles. The number of hydrogen-bond donors (Lipinski definition) is 3. The molecule has 0 spiro atoms. The summed E-state index contributed by atoms with van der Waals surface area (Å²) >= 11 is 0. The van der Waals surface area contributed by atoms with Gasteiger partial charge in [0.05, 0.1) is 7.11 Å². The Hall–Kier alpha value is -3.02. The predicted octanol–water partition coefficient (Wildman–Crippen LogP) is 2.17. The van der Waals surface area contributed by atoms with E-state index in [-0.39, 0.29) is 5.76 Å². The highest BCUT2D eigenvalue weighted by Gasteiger charge is 2.14. The van der Waals surface area contributed by atoms with Gasteiger partial charge in [-0.25, -0.2) is 4.79 Å². The maximum absolute atomic E-state index is 11.1. The molecule has 0 aliphatic rings. The number of aromatic amines is 1. The molecule has 2 rings (SSSR count). The van der Waals surface area contributed by atoms with Crippen molar-refractivity contribution < 1.29 is 24.5 Å². The highest BCUT2D eigenvalue weighted by molar-refractivity contribution is 6.38. The van der Waals surface area contributed by atoms with Crippen LogP contribution in [0, 0.1) is 0 Å². The number of carbonyl (C=O) groups is 2. The molecule has 0 amide bonds. The largest absolute Gasteiger partial charge is 0.507 e. The Morgan fingerprint density at radius 3 is 2.45 bits per heavy atom. The van der Waals surface area contributed by atoms with Crippen LogP contribution in [0.5, 0.6) is 5.75 Å². The van der Waals surface area contributed by atoms with E-state index in [1.54, 1.807) is 19.4 Å². The van der Waals surface area contributed by atoms with Crippen LogP contribution in [0.15, 0.2) is 42.6 Å². The normalized spacial score (nSPS) is 11.2. The number of hydrogen-bond acceptors (Lipinski definition) is 4. The number of carboxylic acids is 1. The lowest BCUT2D eigenvalue weighted by Crippen LogP contribution is -2.09. The number of aliphatic hydroxyl groups is 1. The van der Waals surface area contributed by atoms with Crippen LogP contribution < -0.4 is 4.74 Å². The number of aliphatic hydroxyl groups excluding tert-OH is 1. The molecule has 6 nitrogen and oxygen atoms in total. The first kappa shape index (κ1) is 15.4. The van der Waals surface area contributed by atoms with E-state index in [9.17, 15) is 14.7 Å². The molecule has 0 saturated carbocycles. The third-order valence-electron chi connectivity index (χ3n) is 3.13. The zero-order valence-electron chi connectivity index (χ0n) is 11.9. The summed E-state index contributed by atoms with van der Waals surface area (Å²) in [6, 6.07) is 8.99. The predicted molar refractivity (Wildman–Crippen MR) is 79.8 cm³/mol. The van der Waals surface area contributed by atoms with Crippen LogP contribution in [0.25, 0.3) is 5.76 Å². The van der Waals surface area contributed by atoms with Gasteiger partial charge in [0.1, 0.15) is 11.5 Å². The lowest BCUT2D eigenvalue weighted by molar-refractivity contribution is -0.146. The number of carboxylic acid groups (broad SMARTS) is 1. The number of nitrogens with one attached hydrogen (secondary N) is 1. The van der Waals surface area contributed by atoms with Gasteiger partial charge in [-0.05, 0) is 23.8 Å². The molecule has 0 aliphatic heterocycles. The Bertz CT molecular complexity index is 712. The van der Waals surface area contributed by atoms with Crippen molar-refractivity contribution in [1.29, 1.82) is 0 Å². The number of ether oxygens (including phenoxy) is 1. The zero-order chi connectivity index (χ0) is 16.1. The minimum atomic E-state index is -1.61. The van der Waals surface area contributed by atoms with Gasteiger partial charge in [-0.15, -0.1) is 0 Å². The number of methoxy groups -OCH3 is 1. The van der Waals surface area contributed by atoms with Gasteiger partial charge in [0.15, 0.2) is 0 Å². The highest BCUT2D eigenvalue weighted by Crippen LogP contribution is 2.20. The van der Waals surface area contributed by atoms with Gasteiger partial charge in [0.25, 0.3) is 5.78 Å². The van der Waals surface area contributed by atoms with E-state index in [0.29, 0.717) is 23.8 Å². The van der Waals surface area contributed by atoms with Crippen LogP contribution in [0.2, 0.25) is 0 Å². The summed E-state index contributed by atoms with van der Waals surface area (Å²) in [6.07, 6.45) is 2.80. The summed E-state index contributed by atoms with van der Waals surface area (Å²) in [5.74, 6) is -2.42. The maximum Gasteiger partial charge on any atom is 0.376 e. The van der Waals surface area contributed by atoms with E-state index < -0.39 is 11.8 Å². The van der Waals surface area contributed by atoms with Crippen molar-refractivity contribution in [3.8, 4) is 5.75 Å². The van der Waals surface area contributed by atoms with Gasteiger partial charge in [0.2, 0.25) is 0 Å². The van der Waals surface area contributed by atoms with Gasteiger partial charge < -0.3 is 19.9 Å². The summed E-state index contributed by atoms with van der Waals surface area (Å²) in [4.78, 5) is 24.6. The molecule has 114 valence electrons. The van der Waals surface area contributed by atoms with Crippen molar-refractivity contribution in [3.63, 3.8) is 0 Å². The molecule has 1 aromatic carbocycles. The first-order chi connectivity index (χ1) is 10.5. The number of ketones is 1. The third-order valence-corrected chi connectivity index (χ3v) is 3.13. The summed E-state index contributed by atoms with van der Waals surface area (Å²) in [7, 11) is 1.58. The second kappa shape index (κ2) is 6.62. The van der Waals surface area contributed by atoms with Gasteiger partial charge >= 0.3 is 5.97 Å². The molecule has 0 atom stereocenters. The van der Waals surface area contributed by atoms with Crippen LogP contribution in [0.1, 0.15) is 16.8 Å². The van der Waals surface area contributed by atoms with E-state index >= 15 is 0 Å². The summed E-state index contributed by atoms with van der Waals surface area (Å²) in [5.41, 5.74) is 2.05. The molecule has 6 heteroatoms. The molecule has 0 fully saturated rings. The molecule has 22 heavy (non-hydrogen) atoms. The van der Waals surface area contributed by atoms with E-state index in [4.69, 9.17) is 9.84 Å². The smallest absolute Gasteiger partial charge is 0.376 e. The molecule has 0 bridgehead atoms. The quantitative estimate of drug-likeness (QED) is 0.431. The van der Waals surface area contributed by atoms with Gasteiger partial charge in [-0.1, -0.05) is 12.1 Å². The van der Waals surface area contributed by atoms with Crippen LogP contribution in [0.4, 0.5) is 0 Å². The molecule has 0 unspecified atom stereocenters. The highest BCUT2D eigenvalue weighted by atomic mass is 16.5. The van der Waals surface area contributed by atoms with Crippen molar-refractivity contribution >= 4 is 17.5 Å². The fraction of sp³-hybridized carbons (Fsp3) is 0.125. The monoisotopic (exact) mass is 301 g/mol. The van der Waals surface area contributed by atoms with Crippen molar-refractivity contribution in [2.24, 2.45) is 0 Å². The van der Waals surface area contributed by atoms with Gasteiger partial charge in [-0.3, -0.25) is 4.79 Å². The fourth-order valence-corrected chi connectivity index (χ4v) is 2.00. The SMILES string of the molecule is COc1ccc(Cc2[nH]ccc2C(O)=CC(=O)C(=O)O)cc1. The number of benzene rings is 1. The summed E-state index contributed by atoms with van der Waals surface area (Å²) in [6.45, 7) is 0. The van der Waals surface area contributed by atoms with E-state index in [0.717, 1.165) is 11.3 Å². The Labute approximate surface area is 126 Å². The molecule has 2 aromatic rings. The number of aliphatic carboxylic acids is 1. The number of rotatable bonds is 6. The van der Waals surface area contributed by atoms with Gasteiger partial charge in [-0.2, -0.15) is 0 Å². The van der Waals surface area contributed by atoms with Gasteiger partial charge in [0, 0.05) is 30.0 Å². The summed E-state index contributed by atoms with van der Waals surface area (Å²) in [5, 5.41) is 18.5. The third kappa shape index (κ3) is 3.54. The maximum atomic E-state index is 11.1. The standard InChI is InChI=1S/C16H15NO5/c1-22-11-4-2-10(3-5-11)8-13-12(6-7-17-13)14(18)9-15(19)16(20)21/h2-7,9,17-18H,8H2,1H3,(H,20,21). The van der Waals surface area contributed by atoms with Crippen LogP contribution in [0.3, 0.4) is 0 Å². The molecule has 0 saturated heterocycles. The minimum Gasteiger partial charge on any atom is -0.507 e. The minimum absolute atomic E-state index is 0.378. The molecule has 0 radical (unpaired) electrons. The van der Waals surface area contributed by atoms with Crippen LogP contribution in [-0.4, -0.2) is 34.1 Å². The topological polar surface area (TPSA) is 99.6 Å². The molecule has 3 N–H and O–H groups in total.